The number of hydrogen-bond acceptors (Lipinski definition) is 6. The Morgan fingerprint density at radius 3 is 1.59 bits per heavy atom. The zero-order valence-electron chi connectivity index (χ0n) is 15.8. The molecule has 2 aromatic carbocycles. The molecule has 0 unspecified atom stereocenters. The van der Waals surface area contributed by atoms with Gasteiger partial charge in [0, 0.05) is 30.3 Å². The summed E-state index contributed by atoms with van der Waals surface area (Å²) in [5, 5.41) is 19.6. The molecule has 17 heteroatoms. The molecule has 9 nitrogen and oxygen atoms in total. The van der Waals surface area contributed by atoms with E-state index >= 15 is 0 Å². The van der Waals surface area contributed by atoms with Crippen LogP contribution in [0.15, 0.2) is 41.5 Å². The van der Waals surface area contributed by atoms with Crippen molar-refractivity contribution in [2.75, 3.05) is 0 Å². The van der Waals surface area contributed by atoms with Gasteiger partial charge in [0.25, 0.3) is 16.9 Å². The molecule has 0 N–H and O–H groups in total. The van der Waals surface area contributed by atoms with Crippen LogP contribution in [0.4, 0.5) is 28.9 Å². The number of rotatable bonds is 3. The fourth-order valence-electron chi connectivity index (χ4n) is 2.26. The molecule has 3 rings (SSSR count). The van der Waals surface area contributed by atoms with Gasteiger partial charge in [0.05, 0.1) is 35.6 Å². The van der Waals surface area contributed by atoms with E-state index in [0.717, 1.165) is 24.3 Å². The van der Waals surface area contributed by atoms with Gasteiger partial charge in [0.2, 0.25) is 0 Å². The predicted molar refractivity (Wildman–Crippen MR) is 115 cm³/mol. The molecule has 1 aromatic heterocycles. The lowest BCUT2D eigenvalue weighted by molar-refractivity contribution is -0.385. The first kappa shape index (κ1) is 27.2. The predicted octanol–water partition coefficient (Wildman–Crippen LogP) is 6.51. The average Bonchev–Trinajstić information content (AvgIpc) is 2.71. The zero-order valence-corrected chi connectivity index (χ0v) is 18.8. The van der Waals surface area contributed by atoms with E-state index < -0.39 is 38.8 Å². The Kier molecular flexibility index (Phi) is 8.42. The highest BCUT2D eigenvalue weighted by atomic mass is 35.5. The van der Waals surface area contributed by atoms with E-state index in [1.807, 2.05) is 0 Å². The maximum Gasteiger partial charge on any atom is 0.433 e. The van der Waals surface area contributed by atoms with Crippen LogP contribution >= 0.6 is 46.4 Å². The van der Waals surface area contributed by atoms with Crippen molar-refractivity contribution in [3.05, 3.63) is 98.8 Å². The van der Waals surface area contributed by atoms with Crippen LogP contribution in [0.25, 0.3) is 5.69 Å². The quantitative estimate of drug-likeness (QED) is 0.155. The molecule has 0 saturated heterocycles. The third kappa shape index (κ3) is 6.32. The van der Waals surface area contributed by atoms with Crippen molar-refractivity contribution in [2.24, 2.45) is 0 Å². The highest BCUT2D eigenvalue weighted by molar-refractivity contribution is 6.38. The van der Waals surface area contributed by atoms with Gasteiger partial charge in [-0.15, -0.1) is 0 Å². The number of alkyl halides is 3. The standard InChI is InChI=1S/C11H4Cl2F3N3O3.C6H2Cl2FNO2/c12-6-1-5(19(21)22)2-7(13)10(6)18-4-17-8(3-9(18)20)11(14,15)16;7-4-1-3(10(11)12)2-5(8)6(4)9/h1-4H;1-2H. The van der Waals surface area contributed by atoms with Crippen LogP contribution in [-0.4, -0.2) is 19.4 Å². The lowest BCUT2D eigenvalue weighted by atomic mass is 10.2. The van der Waals surface area contributed by atoms with Gasteiger partial charge in [-0.2, -0.15) is 13.2 Å². The summed E-state index contributed by atoms with van der Waals surface area (Å²) in [7, 11) is 0. The van der Waals surface area contributed by atoms with E-state index in [9.17, 15) is 42.6 Å². The molecular weight excluding hydrogens is 558 g/mol. The van der Waals surface area contributed by atoms with Gasteiger partial charge in [0.15, 0.2) is 11.5 Å². The van der Waals surface area contributed by atoms with Crippen molar-refractivity contribution >= 4 is 57.8 Å². The van der Waals surface area contributed by atoms with Gasteiger partial charge < -0.3 is 0 Å². The number of halogens is 8. The van der Waals surface area contributed by atoms with E-state index in [-0.39, 0.29) is 37.5 Å². The first-order valence-corrected chi connectivity index (χ1v) is 9.73. The van der Waals surface area contributed by atoms with Crippen LogP contribution in [-0.2, 0) is 6.18 Å². The molecule has 34 heavy (non-hydrogen) atoms. The molecule has 0 spiro atoms. The van der Waals surface area contributed by atoms with E-state index in [0.29, 0.717) is 10.9 Å². The number of hydrogen-bond donors (Lipinski definition) is 0. The summed E-state index contributed by atoms with van der Waals surface area (Å²) >= 11 is 22.2. The molecule has 0 aliphatic rings. The van der Waals surface area contributed by atoms with Gasteiger partial charge in [-0.25, -0.2) is 9.37 Å². The Bertz CT molecular complexity index is 1300. The Morgan fingerprint density at radius 2 is 1.24 bits per heavy atom. The lowest BCUT2D eigenvalue weighted by Crippen LogP contribution is -2.22. The summed E-state index contributed by atoms with van der Waals surface area (Å²) in [6.07, 6.45) is -4.18. The Balaban J connectivity index is 0.000000287. The number of aromatic nitrogens is 2. The minimum absolute atomic E-state index is 0.194. The summed E-state index contributed by atoms with van der Waals surface area (Å²) < 4.78 is 50.8. The van der Waals surface area contributed by atoms with Gasteiger partial charge >= 0.3 is 6.18 Å². The monoisotopic (exact) mass is 562 g/mol. The first-order valence-electron chi connectivity index (χ1n) is 8.22. The summed E-state index contributed by atoms with van der Waals surface area (Å²) in [6, 6.07) is 3.93. The molecule has 0 radical (unpaired) electrons. The highest BCUT2D eigenvalue weighted by Gasteiger charge is 2.33. The average molecular weight is 564 g/mol. The topological polar surface area (TPSA) is 121 Å². The molecule has 3 aromatic rings. The molecular formula is C17H6Cl4F4N4O5. The maximum atomic E-state index is 12.7. The second kappa shape index (κ2) is 10.5. The van der Waals surface area contributed by atoms with Crippen LogP contribution in [0, 0.1) is 26.0 Å². The molecule has 0 aliphatic heterocycles. The Hall–Kier alpha value is -3.00. The van der Waals surface area contributed by atoms with Crippen molar-refractivity contribution in [3.8, 4) is 5.69 Å². The number of nitrogens with zero attached hydrogens (tertiary/aromatic N) is 4. The third-order valence-corrected chi connectivity index (χ3v) is 4.86. The Labute approximate surface area is 205 Å². The maximum absolute atomic E-state index is 12.7. The number of non-ortho nitro benzene ring substituents is 2. The molecule has 0 bridgehead atoms. The minimum atomic E-state index is -4.78. The summed E-state index contributed by atoms with van der Waals surface area (Å²) in [5.74, 6) is -0.844. The van der Waals surface area contributed by atoms with E-state index in [1.54, 1.807) is 0 Å². The molecule has 0 atom stereocenters. The highest BCUT2D eigenvalue weighted by Crippen LogP contribution is 2.33. The largest absolute Gasteiger partial charge is 0.433 e. The van der Waals surface area contributed by atoms with Crippen LogP contribution in [0.1, 0.15) is 5.69 Å². The number of benzene rings is 2. The number of nitro benzene ring substituents is 2. The molecule has 1 heterocycles. The van der Waals surface area contributed by atoms with Crippen molar-refractivity contribution < 1.29 is 27.4 Å². The molecule has 0 aliphatic carbocycles. The fourth-order valence-corrected chi connectivity index (χ4v) is 3.39. The second-order valence-electron chi connectivity index (χ2n) is 5.98. The van der Waals surface area contributed by atoms with Gasteiger partial charge in [-0.3, -0.25) is 29.6 Å². The summed E-state index contributed by atoms with van der Waals surface area (Å²) in [5.41, 5.74) is -3.40. The zero-order chi connectivity index (χ0) is 26.0. The normalized spacial score (nSPS) is 10.9. The third-order valence-electron chi connectivity index (χ3n) is 3.73. The molecule has 0 saturated carbocycles. The Morgan fingerprint density at radius 1 is 0.824 bits per heavy atom. The van der Waals surface area contributed by atoms with E-state index in [4.69, 9.17) is 46.4 Å². The minimum Gasteiger partial charge on any atom is -0.269 e. The van der Waals surface area contributed by atoms with Gasteiger partial charge in [-0.05, 0) is 0 Å². The molecule has 0 amide bonds. The molecule has 0 fully saturated rings. The van der Waals surface area contributed by atoms with E-state index in [2.05, 4.69) is 4.98 Å². The van der Waals surface area contributed by atoms with Crippen molar-refractivity contribution in [2.45, 2.75) is 6.18 Å². The van der Waals surface area contributed by atoms with Crippen molar-refractivity contribution in [1.29, 1.82) is 0 Å². The van der Waals surface area contributed by atoms with Gasteiger partial charge in [-0.1, -0.05) is 46.4 Å². The first-order chi connectivity index (χ1) is 15.6. The van der Waals surface area contributed by atoms with Gasteiger partial charge in [0.1, 0.15) is 6.33 Å². The van der Waals surface area contributed by atoms with Crippen LogP contribution in [0.2, 0.25) is 20.1 Å². The van der Waals surface area contributed by atoms with Crippen molar-refractivity contribution in [3.63, 3.8) is 0 Å². The smallest absolute Gasteiger partial charge is 0.269 e. The fraction of sp³-hybridized carbons (Fsp3) is 0.0588. The van der Waals surface area contributed by atoms with Crippen LogP contribution in [0.3, 0.4) is 0 Å². The molecule has 180 valence electrons. The second-order valence-corrected chi connectivity index (χ2v) is 7.60. The SMILES string of the molecule is O=[N+]([O-])c1cc(Cl)c(F)c(Cl)c1.O=c1cc(C(F)(F)F)ncn1-c1c(Cl)cc([N+](=O)[O-])cc1Cl. The summed E-state index contributed by atoms with van der Waals surface area (Å²) in [6.45, 7) is 0. The lowest BCUT2D eigenvalue weighted by Gasteiger charge is -2.11. The van der Waals surface area contributed by atoms with Crippen LogP contribution < -0.4 is 5.56 Å². The van der Waals surface area contributed by atoms with Crippen LogP contribution in [0.5, 0.6) is 0 Å². The number of nitro groups is 2. The van der Waals surface area contributed by atoms with E-state index in [1.165, 1.54) is 0 Å². The van der Waals surface area contributed by atoms with Crippen molar-refractivity contribution in [1.82, 2.24) is 9.55 Å². The summed E-state index contributed by atoms with van der Waals surface area (Å²) in [4.78, 5) is 34.3.